The minimum Gasteiger partial charge on any atom is -0.309 e. The lowest BCUT2D eigenvalue weighted by Crippen LogP contribution is -2.10. The van der Waals surface area contributed by atoms with Gasteiger partial charge in [-0.2, -0.15) is 4.98 Å². The zero-order valence-corrected chi connectivity index (χ0v) is 46.0. The first kappa shape index (κ1) is 47.5. The van der Waals surface area contributed by atoms with Crippen LogP contribution in [0.1, 0.15) is 105 Å². The van der Waals surface area contributed by atoms with E-state index in [0.717, 1.165) is 61.5 Å². The van der Waals surface area contributed by atoms with E-state index < -0.39 is 0 Å². The van der Waals surface area contributed by atoms with Crippen LogP contribution in [0.5, 0.6) is 0 Å². The van der Waals surface area contributed by atoms with Crippen LogP contribution in [0.2, 0.25) is 0 Å². The molecule has 0 aliphatic rings. The van der Waals surface area contributed by atoms with Gasteiger partial charge in [0, 0.05) is 61.0 Å². The second-order valence-corrected chi connectivity index (χ2v) is 25.3. The molecule has 0 fully saturated rings. The summed E-state index contributed by atoms with van der Waals surface area (Å²) in [5.74, 6) is 1.45. The van der Waals surface area contributed by atoms with Gasteiger partial charge in [0.15, 0.2) is 0 Å². The molecule has 0 aliphatic heterocycles. The molecule has 76 heavy (non-hydrogen) atoms. The van der Waals surface area contributed by atoms with E-state index >= 15 is 0 Å². The number of imidazole rings is 1. The topological polar surface area (TPSA) is 45.0 Å². The molecule has 5 aromatic heterocycles. The fraction of sp³-hybridized carbons (Fsp3) is 0.229. The van der Waals surface area contributed by atoms with E-state index in [-0.39, 0.29) is 21.7 Å². The fourth-order valence-electron chi connectivity index (χ4n) is 11.7. The van der Waals surface area contributed by atoms with Gasteiger partial charge in [0.05, 0.1) is 44.5 Å². The van der Waals surface area contributed by atoms with Crippen molar-refractivity contribution < 1.29 is 0 Å². The van der Waals surface area contributed by atoms with Crippen LogP contribution < -0.4 is 0 Å². The third-order valence-corrected chi connectivity index (χ3v) is 16.0. The van der Waals surface area contributed by atoms with Crippen LogP contribution in [0, 0.1) is 0 Å². The summed E-state index contributed by atoms with van der Waals surface area (Å²) in [6, 6.07) is 65.6. The van der Waals surface area contributed by atoms with Gasteiger partial charge in [0.2, 0.25) is 5.78 Å². The first-order chi connectivity index (χ1) is 36.2. The lowest BCUT2D eigenvalue weighted by Gasteiger charge is -2.19. The van der Waals surface area contributed by atoms with E-state index in [1.165, 1.54) is 65.9 Å². The van der Waals surface area contributed by atoms with E-state index in [1.54, 1.807) is 0 Å². The van der Waals surface area contributed by atoms with E-state index in [1.807, 2.05) is 0 Å². The van der Waals surface area contributed by atoms with Crippen LogP contribution in [0.4, 0.5) is 0 Å². The maximum atomic E-state index is 5.47. The summed E-state index contributed by atoms with van der Waals surface area (Å²) in [7, 11) is 0. The summed E-state index contributed by atoms with van der Waals surface area (Å²) in [6.45, 7) is 27.7. The second kappa shape index (κ2) is 16.6. The average Bonchev–Trinajstić information content (AvgIpc) is 4.22. The molecular weight excluding hydrogens is 925 g/mol. The summed E-state index contributed by atoms with van der Waals surface area (Å²) < 4.78 is 9.44. The number of aromatic nitrogens is 6. The van der Waals surface area contributed by atoms with Crippen LogP contribution in [0.15, 0.2) is 182 Å². The van der Waals surface area contributed by atoms with E-state index in [0.29, 0.717) is 5.78 Å². The zero-order chi connectivity index (χ0) is 52.8. The van der Waals surface area contributed by atoms with Gasteiger partial charge < -0.3 is 9.13 Å². The summed E-state index contributed by atoms with van der Waals surface area (Å²) in [4.78, 5) is 10.8. The molecule has 0 amide bonds. The Balaban J connectivity index is 1.09. The van der Waals surface area contributed by atoms with Crippen molar-refractivity contribution in [1.29, 1.82) is 0 Å². The number of fused-ring (bicyclic) bond motifs is 10. The van der Waals surface area contributed by atoms with Crippen LogP contribution in [0.3, 0.4) is 0 Å². The Morgan fingerprint density at radius 2 is 0.658 bits per heavy atom. The Morgan fingerprint density at radius 1 is 0.316 bits per heavy atom. The molecule has 0 bridgehead atoms. The molecule has 0 atom stereocenters. The van der Waals surface area contributed by atoms with Gasteiger partial charge in [-0.1, -0.05) is 168 Å². The van der Waals surface area contributed by atoms with Crippen LogP contribution >= 0.6 is 0 Å². The van der Waals surface area contributed by atoms with Crippen LogP contribution in [0.25, 0.3) is 111 Å². The highest BCUT2D eigenvalue weighted by molar-refractivity contribution is 6.14. The molecule has 8 aromatic carbocycles. The fourth-order valence-corrected chi connectivity index (χ4v) is 11.7. The zero-order valence-electron chi connectivity index (χ0n) is 46.0. The van der Waals surface area contributed by atoms with Crippen molar-refractivity contribution in [2.75, 3.05) is 0 Å². The first-order valence-electron chi connectivity index (χ1n) is 27.0. The van der Waals surface area contributed by atoms with Gasteiger partial charge in [0.1, 0.15) is 5.82 Å². The maximum absolute atomic E-state index is 5.47. The predicted octanol–water partition coefficient (Wildman–Crippen LogP) is 18.5. The molecule has 0 aliphatic carbocycles. The molecule has 5 heterocycles. The SMILES string of the molecule is CC(C)(C)c1ccc2c(c1)c1cc(C(C)(C)C)ccc1n2-c1ccc2c(c1)c1cc(-n3c4ccc(C(C)(C)C)cc4c4cc(C(C)(C)C)ccc43)ccc1n2-c1ccn2c(-c3ccccc3)c(-c3ccccc3)nc2n1. The number of rotatable bonds is 5. The smallest absolute Gasteiger partial charge is 0.236 e. The minimum atomic E-state index is 0.00248. The van der Waals surface area contributed by atoms with Crippen molar-refractivity contribution in [1.82, 2.24) is 28.1 Å². The van der Waals surface area contributed by atoms with Crippen LogP contribution in [-0.4, -0.2) is 28.1 Å². The lowest BCUT2D eigenvalue weighted by molar-refractivity contribution is 0.590. The summed E-state index contributed by atoms with van der Waals surface area (Å²) >= 11 is 0. The molecular formula is C70H66N6. The Hall–Kier alpha value is -8.22. The second-order valence-electron chi connectivity index (χ2n) is 25.3. The summed E-state index contributed by atoms with van der Waals surface area (Å²) in [5, 5.41) is 7.39. The van der Waals surface area contributed by atoms with Crippen molar-refractivity contribution in [2.24, 2.45) is 0 Å². The Bertz CT molecular complexity index is 4120. The van der Waals surface area contributed by atoms with E-state index in [2.05, 4.69) is 283 Å². The Kier molecular flexibility index (Phi) is 10.4. The molecule has 376 valence electrons. The Labute approximate surface area is 445 Å². The minimum absolute atomic E-state index is 0.00248. The van der Waals surface area contributed by atoms with Crippen LogP contribution in [-0.2, 0) is 21.7 Å². The number of benzene rings is 8. The monoisotopic (exact) mass is 991 g/mol. The molecule has 0 saturated heterocycles. The molecule has 0 N–H and O–H groups in total. The largest absolute Gasteiger partial charge is 0.309 e. The summed E-state index contributed by atoms with van der Waals surface area (Å²) in [5.41, 5.74) is 18.5. The third-order valence-electron chi connectivity index (χ3n) is 16.0. The van der Waals surface area contributed by atoms with Crippen molar-refractivity contribution >= 4 is 71.2 Å². The predicted molar refractivity (Wildman–Crippen MR) is 322 cm³/mol. The van der Waals surface area contributed by atoms with E-state index in [4.69, 9.17) is 9.97 Å². The highest BCUT2D eigenvalue weighted by atomic mass is 15.2. The third kappa shape index (κ3) is 7.58. The lowest BCUT2D eigenvalue weighted by atomic mass is 9.85. The Morgan fingerprint density at radius 3 is 1.04 bits per heavy atom. The van der Waals surface area contributed by atoms with Gasteiger partial charge in [0.25, 0.3) is 0 Å². The van der Waals surface area contributed by atoms with Gasteiger partial charge >= 0.3 is 0 Å². The highest BCUT2D eigenvalue weighted by Gasteiger charge is 2.26. The average molecular weight is 991 g/mol. The maximum Gasteiger partial charge on any atom is 0.236 e. The summed E-state index contributed by atoms with van der Waals surface area (Å²) in [6.07, 6.45) is 2.14. The van der Waals surface area contributed by atoms with Gasteiger partial charge in [-0.05, 0) is 135 Å². The standard InChI is InChI=1S/C70H66N6/c1-67(2,3)45-23-29-57-51(37-45)52-38-46(68(4,5)6)24-30-58(52)74(57)49-27-33-61-55(41-49)56-42-50(75-59-31-25-47(69(7,8)9)39-53(59)54-40-48(70(10,11)12)26-32-60(54)75)28-34-62(56)76(61)63-35-36-73-65(44-21-17-14-18-22-44)64(72-66(73)71-63)43-19-15-13-16-20-43/h13-42H,1-12H3. The highest BCUT2D eigenvalue weighted by Crippen LogP contribution is 2.43. The van der Waals surface area contributed by atoms with Crippen molar-refractivity contribution in [3.05, 3.63) is 204 Å². The van der Waals surface area contributed by atoms with E-state index in [9.17, 15) is 0 Å². The number of nitrogens with zero attached hydrogens (tertiary/aromatic N) is 6. The molecule has 0 radical (unpaired) electrons. The first-order valence-corrected chi connectivity index (χ1v) is 27.0. The molecule has 13 aromatic rings. The number of hydrogen-bond acceptors (Lipinski definition) is 2. The molecule has 0 unspecified atom stereocenters. The van der Waals surface area contributed by atoms with Gasteiger partial charge in [-0.15, -0.1) is 0 Å². The van der Waals surface area contributed by atoms with Gasteiger partial charge in [-0.25, -0.2) is 4.98 Å². The molecule has 6 heteroatoms. The molecule has 0 spiro atoms. The van der Waals surface area contributed by atoms with Gasteiger partial charge in [-0.3, -0.25) is 8.97 Å². The van der Waals surface area contributed by atoms with Crippen molar-refractivity contribution in [3.8, 4) is 39.7 Å². The number of hydrogen-bond donors (Lipinski definition) is 0. The van der Waals surface area contributed by atoms with Crippen molar-refractivity contribution in [2.45, 2.75) is 105 Å². The molecule has 0 saturated carbocycles. The quantitative estimate of drug-likeness (QED) is 0.172. The van der Waals surface area contributed by atoms with Crippen molar-refractivity contribution in [3.63, 3.8) is 0 Å². The molecule has 13 rings (SSSR count). The normalized spacial score (nSPS) is 13.0. The molecule has 6 nitrogen and oxygen atoms in total.